The van der Waals surface area contributed by atoms with Crippen molar-refractivity contribution in [1.29, 1.82) is 0 Å². The van der Waals surface area contributed by atoms with Crippen LogP contribution in [-0.4, -0.2) is 23.5 Å². The average Bonchev–Trinajstić information content (AvgIpc) is 2.54. The molecule has 4 N–H and O–H groups in total. The van der Waals surface area contributed by atoms with Gasteiger partial charge < -0.3 is 16.3 Å². The van der Waals surface area contributed by atoms with E-state index in [-0.39, 0.29) is 11.7 Å². The fraction of sp³-hybridized carbons (Fsp3) is 0.875. The Hall–Kier alpha value is -1.26. The van der Waals surface area contributed by atoms with Crippen LogP contribution in [0.25, 0.3) is 0 Å². The lowest BCUT2D eigenvalue weighted by Gasteiger charge is -2.34. The SMILES string of the molecule is CCCCC(CC)CNC(=O)C1(C(N)=NO)CCCCC1. The molecule has 5 nitrogen and oxygen atoms in total. The first-order valence-corrected chi connectivity index (χ1v) is 8.37. The van der Waals surface area contributed by atoms with Crippen molar-refractivity contribution >= 4 is 11.7 Å². The van der Waals surface area contributed by atoms with Gasteiger partial charge in [-0.1, -0.05) is 57.5 Å². The third kappa shape index (κ3) is 4.61. The van der Waals surface area contributed by atoms with Crippen LogP contribution in [0.15, 0.2) is 5.16 Å². The Bertz CT molecular complexity index is 349. The summed E-state index contributed by atoms with van der Waals surface area (Å²) in [5.41, 5.74) is 5.05. The fourth-order valence-electron chi connectivity index (χ4n) is 3.20. The molecule has 0 aliphatic heterocycles. The lowest BCUT2D eigenvalue weighted by molar-refractivity contribution is -0.129. The summed E-state index contributed by atoms with van der Waals surface area (Å²) < 4.78 is 0. The van der Waals surface area contributed by atoms with Gasteiger partial charge in [-0.15, -0.1) is 0 Å². The lowest BCUT2D eigenvalue weighted by Crippen LogP contribution is -2.51. The van der Waals surface area contributed by atoms with Gasteiger partial charge >= 0.3 is 0 Å². The average molecular weight is 297 g/mol. The van der Waals surface area contributed by atoms with Crippen molar-refractivity contribution in [2.75, 3.05) is 6.54 Å². The van der Waals surface area contributed by atoms with Crippen LogP contribution < -0.4 is 11.1 Å². The molecule has 0 radical (unpaired) electrons. The van der Waals surface area contributed by atoms with Crippen LogP contribution >= 0.6 is 0 Å². The molecule has 1 atom stereocenters. The van der Waals surface area contributed by atoms with E-state index in [9.17, 15) is 4.79 Å². The number of carbonyl (C=O) groups is 1. The number of rotatable bonds is 8. The van der Waals surface area contributed by atoms with E-state index in [2.05, 4.69) is 24.3 Å². The van der Waals surface area contributed by atoms with E-state index in [0.29, 0.717) is 25.3 Å². The molecule has 0 heterocycles. The summed E-state index contributed by atoms with van der Waals surface area (Å²) in [6.45, 7) is 5.03. The first kappa shape index (κ1) is 17.8. The van der Waals surface area contributed by atoms with Crippen molar-refractivity contribution in [1.82, 2.24) is 5.32 Å². The zero-order valence-corrected chi connectivity index (χ0v) is 13.5. The quantitative estimate of drug-likeness (QED) is 0.278. The van der Waals surface area contributed by atoms with Gasteiger partial charge in [0.25, 0.3) is 0 Å². The third-order valence-corrected chi connectivity index (χ3v) is 4.83. The summed E-state index contributed by atoms with van der Waals surface area (Å²) in [6, 6.07) is 0. The highest BCUT2D eigenvalue weighted by Gasteiger charge is 2.43. The van der Waals surface area contributed by atoms with Gasteiger partial charge in [0.15, 0.2) is 5.84 Å². The van der Waals surface area contributed by atoms with E-state index < -0.39 is 5.41 Å². The monoisotopic (exact) mass is 297 g/mol. The van der Waals surface area contributed by atoms with Gasteiger partial charge in [0.1, 0.15) is 5.41 Å². The Balaban J connectivity index is 2.65. The molecule has 1 aliphatic rings. The Morgan fingerprint density at radius 3 is 2.52 bits per heavy atom. The van der Waals surface area contributed by atoms with Crippen LogP contribution in [0.4, 0.5) is 0 Å². The molecule has 0 bridgehead atoms. The van der Waals surface area contributed by atoms with Crippen LogP contribution in [0.5, 0.6) is 0 Å². The van der Waals surface area contributed by atoms with Gasteiger partial charge in [-0.3, -0.25) is 4.79 Å². The topological polar surface area (TPSA) is 87.7 Å². The molecule has 1 rings (SSSR count). The minimum Gasteiger partial charge on any atom is -0.409 e. The van der Waals surface area contributed by atoms with Crippen LogP contribution in [0, 0.1) is 11.3 Å². The van der Waals surface area contributed by atoms with Gasteiger partial charge in [-0.05, 0) is 25.2 Å². The smallest absolute Gasteiger partial charge is 0.233 e. The Labute approximate surface area is 128 Å². The van der Waals surface area contributed by atoms with Gasteiger partial charge in [0, 0.05) is 6.54 Å². The molecule has 122 valence electrons. The van der Waals surface area contributed by atoms with E-state index in [1.165, 1.54) is 12.8 Å². The maximum Gasteiger partial charge on any atom is 0.233 e. The molecule has 0 spiro atoms. The highest BCUT2D eigenvalue weighted by Crippen LogP contribution is 2.36. The van der Waals surface area contributed by atoms with Gasteiger partial charge in [0.2, 0.25) is 5.91 Å². The molecule has 1 aliphatic carbocycles. The zero-order chi connectivity index (χ0) is 15.7. The van der Waals surface area contributed by atoms with E-state index >= 15 is 0 Å². The molecular formula is C16H31N3O2. The number of nitrogens with zero attached hydrogens (tertiary/aromatic N) is 1. The first-order valence-electron chi connectivity index (χ1n) is 8.37. The Morgan fingerprint density at radius 2 is 2.00 bits per heavy atom. The van der Waals surface area contributed by atoms with E-state index in [4.69, 9.17) is 10.9 Å². The number of hydrogen-bond donors (Lipinski definition) is 3. The summed E-state index contributed by atoms with van der Waals surface area (Å²) >= 11 is 0. The summed E-state index contributed by atoms with van der Waals surface area (Å²) in [7, 11) is 0. The minimum atomic E-state index is -0.796. The van der Waals surface area contributed by atoms with Crippen molar-refractivity contribution in [3.05, 3.63) is 0 Å². The summed E-state index contributed by atoms with van der Waals surface area (Å²) in [4.78, 5) is 12.6. The molecule has 0 saturated heterocycles. The molecule has 1 unspecified atom stereocenters. The second-order valence-electron chi connectivity index (χ2n) is 6.25. The van der Waals surface area contributed by atoms with Crippen molar-refractivity contribution in [2.45, 2.75) is 71.6 Å². The normalized spacial score (nSPS) is 20.0. The first-order chi connectivity index (χ1) is 10.1. The van der Waals surface area contributed by atoms with Crippen LogP contribution in [0.3, 0.4) is 0 Å². The van der Waals surface area contributed by atoms with E-state index in [0.717, 1.165) is 32.1 Å². The van der Waals surface area contributed by atoms with Crippen LogP contribution in [0.2, 0.25) is 0 Å². The molecule has 0 aromatic heterocycles. The number of carbonyl (C=O) groups excluding carboxylic acids is 1. The van der Waals surface area contributed by atoms with E-state index in [1.54, 1.807) is 0 Å². The summed E-state index contributed by atoms with van der Waals surface area (Å²) in [5, 5.41) is 15.2. The molecule has 0 aromatic rings. The second-order valence-corrected chi connectivity index (χ2v) is 6.25. The second kappa shape index (κ2) is 8.90. The number of amides is 1. The van der Waals surface area contributed by atoms with Gasteiger partial charge in [-0.2, -0.15) is 0 Å². The summed E-state index contributed by atoms with van der Waals surface area (Å²) in [6.07, 6.45) is 8.97. The number of nitrogens with two attached hydrogens (primary N) is 1. The minimum absolute atomic E-state index is 0.0625. The highest BCUT2D eigenvalue weighted by molar-refractivity contribution is 6.06. The third-order valence-electron chi connectivity index (χ3n) is 4.83. The number of oxime groups is 1. The molecule has 0 aromatic carbocycles. The Morgan fingerprint density at radius 1 is 1.33 bits per heavy atom. The molecule has 1 amide bonds. The van der Waals surface area contributed by atoms with E-state index in [1.807, 2.05) is 0 Å². The fourth-order valence-corrected chi connectivity index (χ4v) is 3.20. The number of unbranched alkanes of at least 4 members (excludes halogenated alkanes) is 1. The lowest BCUT2D eigenvalue weighted by atomic mass is 9.72. The maximum atomic E-state index is 12.6. The summed E-state index contributed by atoms with van der Waals surface area (Å²) in [5.74, 6) is 0.524. The molecular weight excluding hydrogens is 266 g/mol. The molecule has 21 heavy (non-hydrogen) atoms. The van der Waals surface area contributed by atoms with Gasteiger partial charge in [-0.25, -0.2) is 0 Å². The Kier molecular flexibility index (Phi) is 7.54. The van der Waals surface area contributed by atoms with Gasteiger partial charge in [0.05, 0.1) is 0 Å². The highest BCUT2D eigenvalue weighted by atomic mass is 16.4. The predicted molar refractivity (Wildman–Crippen MR) is 85.2 cm³/mol. The largest absolute Gasteiger partial charge is 0.409 e. The van der Waals surface area contributed by atoms with Crippen molar-refractivity contribution < 1.29 is 10.0 Å². The maximum absolute atomic E-state index is 12.6. The number of nitrogens with one attached hydrogen (secondary N) is 1. The molecule has 1 fully saturated rings. The molecule has 1 saturated carbocycles. The van der Waals surface area contributed by atoms with Crippen molar-refractivity contribution in [3.8, 4) is 0 Å². The zero-order valence-electron chi connectivity index (χ0n) is 13.5. The predicted octanol–water partition coefficient (Wildman–Crippen LogP) is 3.02. The van der Waals surface area contributed by atoms with Crippen LogP contribution in [-0.2, 0) is 4.79 Å². The molecule has 5 heteroatoms. The van der Waals surface area contributed by atoms with Crippen molar-refractivity contribution in [3.63, 3.8) is 0 Å². The number of hydrogen-bond acceptors (Lipinski definition) is 3. The van der Waals surface area contributed by atoms with Crippen LogP contribution in [0.1, 0.15) is 71.6 Å². The standard InChI is InChI=1S/C16H31N3O2/c1-3-5-9-13(4-2)12-18-15(20)16(14(17)19-21)10-7-6-8-11-16/h13,21H,3-12H2,1-2H3,(H2,17,19)(H,18,20). The van der Waals surface area contributed by atoms with Crippen molar-refractivity contribution in [2.24, 2.45) is 22.2 Å². The number of amidine groups is 1.